The first-order valence-corrected chi connectivity index (χ1v) is 13.2. The van der Waals surface area contributed by atoms with E-state index in [4.69, 9.17) is 0 Å². The lowest BCUT2D eigenvalue weighted by Crippen LogP contribution is -2.35. The van der Waals surface area contributed by atoms with Crippen LogP contribution in [-0.2, 0) is 22.7 Å². The topological polar surface area (TPSA) is 42.3 Å². The summed E-state index contributed by atoms with van der Waals surface area (Å²) in [5.74, 6) is -0.310. The van der Waals surface area contributed by atoms with Crippen molar-refractivity contribution in [2.45, 2.75) is 31.0 Å². The lowest BCUT2D eigenvalue weighted by atomic mass is 9.97. The largest absolute Gasteiger partial charge is 0.417 e. The predicted octanol–water partition coefficient (Wildman–Crippen LogP) is 6.63. The molecule has 5 rings (SSSR count). The van der Waals surface area contributed by atoms with E-state index < -0.39 is 26.7 Å². The summed E-state index contributed by atoms with van der Waals surface area (Å²) in [7, 11) is -4.35. The van der Waals surface area contributed by atoms with Crippen molar-refractivity contribution in [2.24, 2.45) is 0 Å². The van der Waals surface area contributed by atoms with Gasteiger partial charge in [-0.15, -0.1) is 0 Å². The Morgan fingerprint density at radius 2 is 1.68 bits per heavy atom. The SMILES string of the molecule is Cc1c(C2=CCN(S(=O)(=O)c3ccccc3C(F)(F)F)CC2)c2ccccc2n1Cc1cccc(F)c1. The third-order valence-electron chi connectivity index (χ3n) is 6.76. The Morgan fingerprint density at radius 3 is 2.38 bits per heavy atom. The molecule has 0 atom stereocenters. The fourth-order valence-corrected chi connectivity index (χ4v) is 6.61. The molecule has 0 aliphatic carbocycles. The van der Waals surface area contributed by atoms with Crippen molar-refractivity contribution in [1.82, 2.24) is 8.87 Å². The van der Waals surface area contributed by atoms with Crippen LogP contribution in [0.5, 0.6) is 0 Å². The summed E-state index contributed by atoms with van der Waals surface area (Å²) in [6, 6.07) is 18.5. The van der Waals surface area contributed by atoms with E-state index >= 15 is 0 Å². The fraction of sp³-hybridized carbons (Fsp3) is 0.214. The molecular formula is C28H24F4N2O2S. The highest BCUT2D eigenvalue weighted by Crippen LogP contribution is 2.38. The number of alkyl halides is 3. The van der Waals surface area contributed by atoms with E-state index in [2.05, 4.69) is 4.57 Å². The summed E-state index contributed by atoms with van der Waals surface area (Å²) >= 11 is 0. The number of halogens is 4. The number of benzene rings is 3. The minimum absolute atomic E-state index is 0.0350. The van der Waals surface area contributed by atoms with Crippen LogP contribution in [0.3, 0.4) is 0 Å². The maximum atomic E-state index is 13.8. The standard InChI is InChI=1S/C28H24F4N2O2S/c1-19-27(23-9-2-4-11-25(23)34(19)18-20-7-6-8-22(29)17-20)21-13-15-33(16-14-21)37(35,36)26-12-5-3-10-24(26)28(30,31)32/h2-13,17H,14-16,18H2,1H3. The molecule has 0 saturated carbocycles. The van der Waals surface area contributed by atoms with Gasteiger partial charge in [-0.1, -0.05) is 48.5 Å². The van der Waals surface area contributed by atoms with E-state index in [1.54, 1.807) is 12.1 Å². The predicted molar refractivity (Wildman–Crippen MR) is 135 cm³/mol. The number of nitrogens with zero attached hydrogens (tertiary/aromatic N) is 2. The Hall–Kier alpha value is -3.43. The second-order valence-corrected chi connectivity index (χ2v) is 10.9. The summed E-state index contributed by atoms with van der Waals surface area (Å²) in [6.07, 6.45) is -2.65. The Balaban J connectivity index is 1.50. The minimum atomic E-state index is -4.78. The highest BCUT2D eigenvalue weighted by Gasteiger charge is 2.39. The van der Waals surface area contributed by atoms with Gasteiger partial charge in [0.15, 0.2) is 0 Å². The first-order chi connectivity index (χ1) is 17.6. The maximum absolute atomic E-state index is 13.8. The van der Waals surface area contributed by atoms with Gasteiger partial charge >= 0.3 is 6.18 Å². The maximum Gasteiger partial charge on any atom is 0.417 e. The van der Waals surface area contributed by atoms with Crippen molar-refractivity contribution in [2.75, 3.05) is 13.1 Å². The second kappa shape index (κ2) is 9.46. The Morgan fingerprint density at radius 1 is 0.946 bits per heavy atom. The van der Waals surface area contributed by atoms with Crippen LogP contribution >= 0.6 is 0 Å². The third-order valence-corrected chi connectivity index (χ3v) is 8.69. The van der Waals surface area contributed by atoms with Gasteiger partial charge < -0.3 is 4.57 Å². The number of para-hydroxylation sites is 1. The molecule has 1 aliphatic heterocycles. The molecular weight excluding hydrogens is 504 g/mol. The van der Waals surface area contributed by atoms with E-state index in [9.17, 15) is 26.0 Å². The van der Waals surface area contributed by atoms with Crippen LogP contribution < -0.4 is 0 Å². The molecule has 2 heterocycles. The molecule has 0 amide bonds. The minimum Gasteiger partial charge on any atom is -0.340 e. The smallest absolute Gasteiger partial charge is 0.340 e. The molecule has 4 aromatic rings. The van der Waals surface area contributed by atoms with Gasteiger partial charge in [0.1, 0.15) is 5.82 Å². The monoisotopic (exact) mass is 528 g/mol. The van der Waals surface area contributed by atoms with Gasteiger partial charge in [-0.05, 0) is 54.8 Å². The highest BCUT2D eigenvalue weighted by molar-refractivity contribution is 7.89. The van der Waals surface area contributed by atoms with Gasteiger partial charge in [-0.3, -0.25) is 0 Å². The van der Waals surface area contributed by atoms with Crippen LogP contribution in [0.4, 0.5) is 17.6 Å². The first-order valence-electron chi connectivity index (χ1n) is 11.8. The van der Waals surface area contributed by atoms with Gasteiger partial charge in [0.05, 0.1) is 10.5 Å². The molecule has 0 bridgehead atoms. The summed E-state index contributed by atoms with van der Waals surface area (Å²) in [4.78, 5) is -0.734. The van der Waals surface area contributed by atoms with Crippen molar-refractivity contribution in [3.05, 3.63) is 107 Å². The number of hydrogen-bond donors (Lipinski definition) is 0. The molecule has 1 aromatic heterocycles. The molecule has 4 nitrogen and oxygen atoms in total. The Kier molecular flexibility index (Phi) is 6.45. The number of fused-ring (bicyclic) bond motifs is 1. The Labute approximate surface area is 212 Å². The highest BCUT2D eigenvalue weighted by atomic mass is 32.2. The molecule has 192 valence electrons. The van der Waals surface area contributed by atoms with Crippen LogP contribution in [0.15, 0.2) is 83.8 Å². The van der Waals surface area contributed by atoms with Crippen LogP contribution in [0.25, 0.3) is 16.5 Å². The number of sulfonamides is 1. The zero-order chi connectivity index (χ0) is 26.4. The fourth-order valence-electron chi connectivity index (χ4n) is 5.02. The van der Waals surface area contributed by atoms with Crippen molar-refractivity contribution in [1.29, 1.82) is 0 Å². The zero-order valence-corrected chi connectivity index (χ0v) is 20.8. The summed E-state index contributed by atoms with van der Waals surface area (Å²) < 4.78 is 83.8. The zero-order valence-electron chi connectivity index (χ0n) is 20.0. The number of aromatic nitrogens is 1. The van der Waals surface area contributed by atoms with Gasteiger partial charge in [0.2, 0.25) is 10.0 Å². The molecule has 9 heteroatoms. The van der Waals surface area contributed by atoms with Crippen molar-refractivity contribution in [3.63, 3.8) is 0 Å². The van der Waals surface area contributed by atoms with E-state index in [1.165, 1.54) is 24.3 Å². The first kappa shape index (κ1) is 25.2. The van der Waals surface area contributed by atoms with E-state index in [0.717, 1.165) is 49.7 Å². The van der Waals surface area contributed by atoms with Gasteiger partial charge in [0, 0.05) is 41.8 Å². The molecule has 0 N–H and O–H groups in total. The number of hydrogen-bond acceptors (Lipinski definition) is 2. The molecule has 0 saturated heterocycles. The third kappa shape index (κ3) is 4.69. The lowest BCUT2D eigenvalue weighted by Gasteiger charge is -2.27. The van der Waals surface area contributed by atoms with Gasteiger partial charge in [-0.25, -0.2) is 12.8 Å². The van der Waals surface area contributed by atoms with Crippen molar-refractivity contribution >= 4 is 26.5 Å². The number of rotatable bonds is 5. The molecule has 3 aromatic carbocycles. The summed E-state index contributed by atoms with van der Waals surface area (Å²) in [5, 5.41) is 0.987. The van der Waals surface area contributed by atoms with Crippen LogP contribution in [-0.4, -0.2) is 30.4 Å². The average molecular weight is 529 g/mol. The van der Waals surface area contributed by atoms with Crippen molar-refractivity contribution < 1.29 is 26.0 Å². The second-order valence-electron chi connectivity index (χ2n) is 9.03. The van der Waals surface area contributed by atoms with E-state index in [-0.39, 0.29) is 18.9 Å². The normalized spacial score (nSPS) is 15.2. The van der Waals surface area contributed by atoms with Gasteiger partial charge in [0.25, 0.3) is 0 Å². The molecule has 0 unspecified atom stereocenters. The van der Waals surface area contributed by atoms with Crippen LogP contribution in [0.2, 0.25) is 0 Å². The van der Waals surface area contributed by atoms with Crippen LogP contribution in [0.1, 0.15) is 28.8 Å². The molecule has 0 radical (unpaired) electrons. The quantitative estimate of drug-likeness (QED) is 0.273. The molecule has 1 aliphatic rings. The summed E-state index contributed by atoms with van der Waals surface area (Å²) in [6.45, 7) is 2.46. The van der Waals surface area contributed by atoms with Crippen molar-refractivity contribution in [3.8, 4) is 0 Å². The lowest BCUT2D eigenvalue weighted by molar-refractivity contribution is -0.139. The van der Waals surface area contributed by atoms with E-state index in [1.807, 2.05) is 37.3 Å². The van der Waals surface area contributed by atoms with E-state index in [0.29, 0.717) is 13.0 Å². The molecule has 37 heavy (non-hydrogen) atoms. The molecule has 0 spiro atoms. The summed E-state index contributed by atoms with van der Waals surface area (Å²) in [5.41, 5.74) is 3.47. The average Bonchev–Trinajstić information content (AvgIpc) is 3.15. The Bertz CT molecular complexity index is 1620. The molecule has 0 fully saturated rings. The van der Waals surface area contributed by atoms with Crippen LogP contribution in [0, 0.1) is 12.7 Å². The van der Waals surface area contributed by atoms with Gasteiger partial charge in [-0.2, -0.15) is 17.5 Å².